The number of carboxylic acid groups (broad SMARTS) is 1. The van der Waals surface area contributed by atoms with E-state index in [2.05, 4.69) is 26.1 Å². The second-order valence-electron chi connectivity index (χ2n) is 6.30. The van der Waals surface area contributed by atoms with Crippen molar-refractivity contribution in [3.63, 3.8) is 0 Å². The van der Waals surface area contributed by atoms with E-state index in [1.54, 1.807) is 14.0 Å². The third-order valence-electron chi connectivity index (χ3n) is 3.45. The molecule has 0 saturated heterocycles. The van der Waals surface area contributed by atoms with Crippen molar-refractivity contribution >= 4 is 17.6 Å². The number of carbonyl (C=O) groups is 2. The SMILES string of the molecule is CC(C(=O)O)N(C)CC(=O)Nc1ccc(C(C)(C)C)cc1. The molecule has 0 spiro atoms. The molecule has 0 aliphatic carbocycles. The van der Waals surface area contributed by atoms with E-state index in [0.717, 1.165) is 0 Å². The van der Waals surface area contributed by atoms with Crippen molar-refractivity contribution in [2.24, 2.45) is 0 Å². The number of hydrogen-bond donors (Lipinski definition) is 2. The average molecular weight is 292 g/mol. The van der Waals surface area contributed by atoms with Gasteiger partial charge in [-0.05, 0) is 37.1 Å². The second-order valence-corrected chi connectivity index (χ2v) is 6.30. The minimum Gasteiger partial charge on any atom is -0.480 e. The molecule has 0 bridgehead atoms. The van der Waals surface area contributed by atoms with E-state index < -0.39 is 12.0 Å². The van der Waals surface area contributed by atoms with Crippen LogP contribution < -0.4 is 5.32 Å². The number of likely N-dealkylation sites (N-methyl/N-ethyl adjacent to an activating group) is 1. The standard InChI is InChI=1S/C16H24N2O3/c1-11(15(20)21)18(5)10-14(19)17-13-8-6-12(7-9-13)16(2,3)4/h6-9,11H,10H2,1-5H3,(H,17,19)(H,20,21). The molecule has 0 radical (unpaired) electrons. The van der Waals surface area contributed by atoms with Crippen LogP contribution in [0.25, 0.3) is 0 Å². The first-order chi connectivity index (χ1) is 9.61. The molecule has 5 nitrogen and oxygen atoms in total. The van der Waals surface area contributed by atoms with Gasteiger partial charge in [0.05, 0.1) is 6.54 Å². The van der Waals surface area contributed by atoms with E-state index >= 15 is 0 Å². The monoisotopic (exact) mass is 292 g/mol. The average Bonchev–Trinajstić information content (AvgIpc) is 2.36. The van der Waals surface area contributed by atoms with E-state index in [4.69, 9.17) is 5.11 Å². The van der Waals surface area contributed by atoms with Gasteiger partial charge in [0, 0.05) is 5.69 Å². The smallest absolute Gasteiger partial charge is 0.320 e. The molecule has 1 rings (SSSR count). The van der Waals surface area contributed by atoms with Crippen LogP contribution in [0.5, 0.6) is 0 Å². The molecular formula is C16H24N2O3. The zero-order valence-corrected chi connectivity index (χ0v) is 13.3. The largest absolute Gasteiger partial charge is 0.480 e. The Balaban J connectivity index is 2.61. The number of amides is 1. The molecule has 116 valence electrons. The van der Waals surface area contributed by atoms with Crippen molar-refractivity contribution < 1.29 is 14.7 Å². The molecule has 2 N–H and O–H groups in total. The highest BCUT2D eigenvalue weighted by Gasteiger charge is 2.19. The van der Waals surface area contributed by atoms with Gasteiger partial charge in [-0.25, -0.2) is 0 Å². The number of hydrogen-bond acceptors (Lipinski definition) is 3. The lowest BCUT2D eigenvalue weighted by Crippen LogP contribution is -2.40. The molecule has 0 aromatic heterocycles. The van der Waals surface area contributed by atoms with Gasteiger partial charge in [0.1, 0.15) is 6.04 Å². The third kappa shape index (κ3) is 5.19. The summed E-state index contributed by atoms with van der Waals surface area (Å²) >= 11 is 0. The first-order valence-electron chi connectivity index (χ1n) is 6.94. The lowest BCUT2D eigenvalue weighted by Gasteiger charge is -2.21. The predicted octanol–water partition coefficient (Wildman–Crippen LogP) is 2.33. The second kappa shape index (κ2) is 6.72. The van der Waals surface area contributed by atoms with Gasteiger partial charge in [0.2, 0.25) is 5.91 Å². The number of carbonyl (C=O) groups excluding carboxylic acids is 1. The Morgan fingerprint density at radius 3 is 2.19 bits per heavy atom. The maximum atomic E-state index is 11.9. The molecule has 1 aromatic rings. The Hall–Kier alpha value is -1.88. The normalized spacial score (nSPS) is 13.0. The van der Waals surface area contributed by atoms with Crippen LogP contribution in [0.2, 0.25) is 0 Å². The van der Waals surface area contributed by atoms with Crippen molar-refractivity contribution in [3.8, 4) is 0 Å². The van der Waals surface area contributed by atoms with Gasteiger partial charge in [0.15, 0.2) is 0 Å². The van der Waals surface area contributed by atoms with Crippen LogP contribution in [0.4, 0.5) is 5.69 Å². The summed E-state index contributed by atoms with van der Waals surface area (Å²) in [6.45, 7) is 7.97. The van der Waals surface area contributed by atoms with Crippen molar-refractivity contribution in [1.29, 1.82) is 0 Å². The first-order valence-corrected chi connectivity index (χ1v) is 6.94. The number of rotatable bonds is 5. The van der Waals surface area contributed by atoms with Crippen LogP contribution in [0.15, 0.2) is 24.3 Å². The summed E-state index contributed by atoms with van der Waals surface area (Å²) in [6, 6.07) is 7.00. The third-order valence-corrected chi connectivity index (χ3v) is 3.45. The number of aliphatic carboxylic acids is 1. The highest BCUT2D eigenvalue weighted by atomic mass is 16.4. The van der Waals surface area contributed by atoms with Crippen molar-refractivity contribution in [2.75, 3.05) is 18.9 Å². The van der Waals surface area contributed by atoms with Crippen molar-refractivity contribution in [1.82, 2.24) is 4.90 Å². The van der Waals surface area contributed by atoms with E-state index in [9.17, 15) is 9.59 Å². The molecule has 5 heteroatoms. The topological polar surface area (TPSA) is 69.6 Å². The summed E-state index contributed by atoms with van der Waals surface area (Å²) in [4.78, 5) is 24.2. The Morgan fingerprint density at radius 1 is 1.24 bits per heavy atom. The van der Waals surface area contributed by atoms with Crippen LogP contribution in [-0.4, -0.2) is 41.5 Å². The zero-order chi connectivity index (χ0) is 16.2. The van der Waals surface area contributed by atoms with E-state index in [1.807, 2.05) is 24.3 Å². The van der Waals surface area contributed by atoms with Gasteiger partial charge >= 0.3 is 5.97 Å². The van der Waals surface area contributed by atoms with Crippen molar-refractivity contribution in [3.05, 3.63) is 29.8 Å². The van der Waals surface area contributed by atoms with Gasteiger partial charge < -0.3 is 10.4 Å². The Morgan fingerprint density at radius 2 is 1.76 bits per heavy atom. The Kier molecular flexibility index (Phi) is 5.49. The summed E-state index contributed by atoms with van der Waals surface area (Å²) in [6.07, 6.45) is 0. The van der Waals surface area contributed by atoms with E-state index in [1.165, 1.54) is 10.5 Å². The quantitative estimate of drug-likeness (QED) is 0.874. The maximum Gasteiger partial charge on any atom is 0.320 e. The molecule has 0 heterocycles. The van der Waals surface area contributed by atoms with Gasteiger partial charge in [0.25, 0.3) is 0 Å². The molecule has 0 aliphatic heterocycles. The van der Waals surface area contributed by atoms with Gasteiger partial charge in [-0.2, -0.15) is 0 Å². The molecule has 1 atom stereocenters. The molecule has 1 amide bonds. The molecule has 0 saturated carbocycles. The number of nitrogens with zero attached hydrogens (tertiary/aromatic N) is 1. The van der Waals surface area contributed by atoms with Gasteiger partial charge in [-0.1, -0.05) is 32.9 Å². The molecule has 21 heavy (non-hydrogen) atoms. The summed E-state index contributed by atoms with van der Waals surface area (Å²) < 4.78 is 0. The lowest BCUT2D eigenvalue weighted by molar-refractivity contribution is -0.142. The first kappa shape index (κ1) is 17.2. The number of carboxylic acids is 1. The summed E-state index contributed by atoms with van der Waals surface area (Å²) in [5.74, 6) is -1.17. The van der Waals surface area contributed by atoms with Crippen LogP contribution in [0, 0.1) is 0 Å². The molecule has 0 fully saturated rings. The van der Waals surface area contributed by atoms with Gasteiger partial charge in [-0.15, -0.1) is 0 Å². The van der Waals surface area contributed by atoms with Crippen LogP contribution in [0.3, 0.4) is 0 Å². The summed E-state index contributed by atoms with van der Waals surface area (Å²) in [5, 5.41) is 11.7. The van der Waals surface area contributed by atoms with Crippen LogP contribution in [0.1, 0.15) is 33.3 Å². The summed E-state index contributed by atoms with van der Waals surface area (Å²) in [5.41, 5.74) is 1.97. The molecule has 0 aliphatic rings. The lowest BCUT2D eigenvalue weighted by atomic mass is 9.87. The minimum absolute atomic E-state index is 0.0362. The number of nitrogens with one attached hydrogen (secondary N) is 1. The highest BCUT2D eigenvalue weighted by molar-refractivity contribution is 5.92. The van der Waals surface area contributed by atoms with Crippen LogP contribution in [-0.2, 0) is 15.0 Å². The number of benzene rings is 1. The van der Waals surface area contributed by atoms with E-state index in [0.29, 0.717) is 5.69 Å². The Labute approximate surface area is 126 Å². The van der Waals surface area contributed by atoms with Crippen molar-refractivity contribution in [2.45, 2.75) is 39.2 Å². The predicted molar refractivity (Wildman–Crippen MR) is 83.5 cm³/mol. The fourth-order valence-electron chi connectivity index (χ4n) is 1.81. The fourth-order valence-corrected chi connectivity index (χ4v) is 1.81. The molecular weight excluding hydrogens is 268 g/mol. The van der Waals surface area contributed by atoms with E-state index in [-0.39, 0.29) is 17.9 Å². The maximum absolute atomic E-state index is 11.9. The summed E-state index contributed by atoms with van der Waals surface area (Å²) in [7, 11) is 1.61. The Bertz CT molecular complexity index is 503. The minimum atomic E-state index is -0.945. The molecule has 1 unspecified atom stereocenters. The van der Waals surface area contributed by atoms with Gasteiger partial charge in [-0.3, -0.25) is 14.5 Å². The fraction of sp³-hybridized carbons (Fsp3) is 0.500. The zero-order valence-electron chi connectivity index (χ0n) is 13.3. The van der Waals surface area contributed by atoms with Crippen LogP contribution >= 0.6 is 0 Å². The number of anilines is 1. The highest BCUT2D eigenvalue weighted by Crippen LogP contribution is 2.23. The molecule has 1 aromatic carbocycles.